The standard InChI is InChI=1S/C17H27NO/c1-5-7-10-13(3)17(19)18-14(4)16-12-9-8-11-15(16)6-2/h8-9,11-14H,5-7,10H2,1-4H3,(H,18,19). The van der Waals surface area contributed by atoms with Gasteiger partial charge in [-0.3, -0.25) is 4.79 Å². The lowest BCUT2D eigenvalue weighted by atomic mass is 9.98. The van der Waals surface area contributed by atoms with Crippen LogP contribution in [-0.4, -0.2) is 5.91 Å². The van der Waals surface area contributed by atoms with Crippen LogP contribution in [0.2, 0.25) is 0 Å². The molecule has 0 saturated heterocycles. The molecule has 0 aliphatic heterocycles. The Labute approximate surface area is 117 Å². The van der Waals surface area contributed by atoms with Gasteiger partial charge < -0.3 is 5.32 Å². The summed E-state index contributed by atoms with van der Waals surface area (Å²) in [6, 6.07) is 8.44. The van der Waals surface area contributed by atoms with E-state index in [0.29, 0.717) is 0 Å². The summed E-state index contributed by atoms with van der Waals surface area (Å²) in [6.45, 7) is 8.39. The number of carbonyl (C=O) groups is 1. The zero-order valence-corrected chi connectivity index (χ0v) is 12.7. The molecule has 1 amide bonds. The summed E-state index contributed by atoms with van der Waals surface area (Å²) in [6.07, 6.45) is 4.24. The van der Waals surface area contributed by atoms with Crippen LogP contribution in [-0.2, 0) is 11.2 Å². The Hall–Kier alpha value is -1.31. The Morgan fingerprint density at radius 1 is 1.21 bits per heavy atom. The maximum atomic E-state index is 12.1. The number of rotatable bonds is 7. The minimum absolute atomic E-state index is 0.0905. The van der Waals surface area contributed by atoms with E-state index in [1.807, 2.05) is 13.0 Å². The van der Waals surface area contributed by atoms with Crippen molar-refractivity contribution in [2.24, 2.45) is 5.92 Å². The first kappa shape index (κ1) is 15.7. The quantitative estimate of drug-likeness (QED) is 0.781. The molecule has 0 aromatic heterocycles. The van der Waals surface area contributed by atoms with E-state index in [2.05, 4.69) is 44.3 Å². The van der Waals surface area contributed by atoms with Crippen molar-refractivity contribution in [2.75, 3.05) is 0 Å². The summed E-state index contributed by atoms with van der Waals surface area (Å²) in [7, 11) is 0. The molecular weight excluding hydrogens is 234 g/mol. The van der Waals surface area contributed by atoms with Gasteiger partial charge in [-0.1, -0.05) is 57.9 Å². The summed E-state index contributed by atoms with van der Waals surface area (Å²) >= 11 is 0. The molecule has 1 aromatic rings. The van der Waals surface area contributed by atoms with E-state index in [1.165, 1.54) is 11.1 Å². The van der Waals surface area contributed by atoms with E-state index in [1.54, 1.807) is 0 Å². The Kier molecular flexibility index (Phi) is 6.61. The molecule has 0 fully saturated rings. The highest BCUT2D eigenvalue weighted by Crippen LogP contribution is 2.19. The maximum Gasteiger partial charge on any atom is 0.223 e. The summed E-state index contributed by atoms with van der Waals surface area (Å²) in [5.74, 6) is 0.281. The van der Waals surface area contributed by atoms with E-state index in [9.17, 15) is 4.79 Å². The van der Waals surface area contributed by atoms with Crippen LogP contribution in [0.25, 0.3) is 0 Å². The number of carbonyl (C=O) groups excluding carboxylic acids is 1. The molecule has 0 bridgehead atoms. The average molecular weight is 261 g/mol. The van der Waals surface area contributed by atoms with Gasteiger partial charge in [-0.05, 0) is 30.9 Å². The molecule has 0 radical (unpaired) electrons. The minimum Gasteiger partial charge on any atom is -0.349 e. The highest BCUT2D eigenvalue weighted by atomic mass is 16.1. The Balaban J connectivity index is 2.63. The van der Waals surface area contributed by atoms with E-state index < -0.39 is 0 Å². The third kappa shape index (κ3) is 4.70. The van der Waals surface area contributed by atoms with Gasteiger partial charge >= 0.3 is 0 Å². The molecular formula is C17H27NO. The van der Waals surface area contributed by atoms with Crippen molar-refractivity contribution in [2.45, 2.75) is 59.4 Å². The van der Waals surface area contributed by atoms with E-state index in [-0.39, 0.29) is 17.9 Å². The number of aryl methyl sites for hydroxylation is 1. The molecule has 0 aliphatic rings. The second-order valence-electron chi connectivity index (χ2n) is 5.33. The monoisotopic (exact) mass is 261 g/mol. The zero-order chi connectivity index (χ0) is 14.3. The van der Waals surface area contributed by atoms with Crippen molar-refractivity contribution in [3.8, 4) is 0 Å². The van der Waals surface area contributed by atoms with Crippen molar-refractivity contribution < 1.29 is 4.79 Å². The number of hydrogen-bond donors (Lipinski definition) is 1. The molecule has 0 spiro atoms. The molecule has 0 heterocycles. The first-order valence-electron chi connectivity index (χ1n) is 7.48. The molecule has 1 rings (SSSR count). The number of hydrogen-bond acceptors (Lipinski definition) is 1. The van der Waals surface area contributed by atoms with E-state index in [0.717, 1.165) is 25.7 Å². The fourth-order valence-electron chi connectivity index (χ4n) is 2.35. The highest BCUT2D eigenvalue weighted by Gasteiger charge is 2.16. The first-order chi connectivity index (χ1) is 9.10. The SMILES string of the molecule is CCCCC(C)C(=O)NC(C)c1ccccc1CC. The number of amides is 1. The van der Waals surface area contributed by atoms with Gasteiger partial charge in [0.2, 0.25) is 5.91 Å². The molecule has 2 heteroatoms. The first-order valence-corrected chi connectivity index (χ1v) is 7.48. The number of benzene rings is 1. The Morgan fingerprint density at radius 2 is 1.89 bits per heavy atom. The lowest BCUT2D eigenvalue weighted by Crippen LogP contribution is -2.32. The molecule has 106 valence electrons. The fraction of sp³-hybridized carbons (Fsp3) is 0.588. The Morgan fingerprint density at radius 3 is 2.53 bits per heavy atom. The Bertz CT molecular complexity index is 400. The molecule has 1 aromatic carbocycles. The minimum atomic E-state index is 0.0905. The molecule has 1 N–H and O–H groups in total. The van der Waals surface area contributed by atoms with Gasteiger partial charge in [0.05, 0.1) is 6.04 Å². The van der Waals surface area contributed by atoms with Crippen LogP contribution in [0.4, 0.5) is 0 Å². The van der Waals surface area contributed by atoms with Gasteiger partial charge in [0.15, 0.2) is 0 Å². The lowest BCUT2D eigenvalue weighted by molar-refractivity contribution is -0.125. The molecule has 0 aliphatic carbocycles. The summed E-state index contributed by atoms with van der Waals surface area (Å²) in [5.41, 5.74) is 2.55. The van der Waals surface area contributed by atoms with Gasteiger partial charge in [-0.25, -0.2) is 0 Å². The molecule has 2 atom stereocenters. The van der Waals surface area contributed by atoms with Crippen molar-refractivity contribution in [1.82, 2.24) is 5.32 Å². The maximum absolute atomic E-state index is 12.1. The topological polar surface area (TPSA) is 29.1 Å². The van der Waals surface area contributed by atoms with Gasteiger partial charge in [-0.2, -0.15) is 0 Å². The van der Waals surface area contributed by atoms with Gasteiger partial charge in [0.25, 0.3) is 0 Å². The van der Waals surface area contributed by atoms with Gasteiger partial charge in [-0.15, -0.1) is 0 Å². The largest absolute Gasteiger partial charge is 0.349 e. The third-order valence-corrected chi connectivity index (χ3v) is 3.70. The van der Waals surface area contributed by atoms with Crippen LogP contribution in [0.5, 0.6) is 0 Å². The van der Waals surface area contributed by atoms with Crippen LogP contribution < -0.4 is 5.32 Å². The van der Waals surface area contributed by atoms with Gasteiger partial charge in [0.1, 0.15) is 0 Å². The van der Waals surface area contributed by atoms with Crippen LogP contribution in [0.3, 0.4) is 0 Å². The smallest absolute Gasteiger partial charge is 0.223 e. The third-order valence-electron chi connectivity index (χ3n) is 3.70. The van der Waals surface area contributed by atoms with Crippen LogP contribution in [0.15, 0.2) is 24.3 Å². The average Bonchev–Trinajstić information content (AvgIpc) is 2.44. The zero-order valence-electron chi connectivity index (χ0n) is 12.7. The van der Waals surface area contributed by atoms with Crippen molar-refractivity contribution in [3.63, 3.8) is 0 Å². The van der Waals surface area contributed by atoms with Crippen molar-refractivity contribution >= 4 is 5.91 Å². The summed E-state index contributed by atoms with van der Waals surface area (Å²) < 4.78 is 0. The number of unbranched alkanes of at least 4 members (excludes halogenated alkanes) is 1. The number of nitrogens with one attached hydrogen (secondary N) is 1. The second kappa shape index (κ2) is 7.98. The van der Waals surface area contributed by atoms with Gasteiger partial charge in [0, 0.05) is 5.92 Å². The summed E-state index contributed by atoms with van der Waals surface area (Å²) in [5, 5.41) is 3.14. The van der Waals surface area contributed by atoms with Crippen LogP contribution in [0, 0.1) is 5.92 Å². The predicted octanol–water partition coefficient (Wildman–Crippen LogP) is 4.25. The van der Waals surface area contributed by atoms with E-state index >= 15 is 0 Å². The normalized spacial score (nSPS) is 13.9. The fourth-order valence-corrected chi connectivity index (χ4v) is 2.35. The molecule has 19 heavy (non-hydrogen) atoms. The second-order valence-corrected chi connectivity index (χ2v) is 5.33. The molecule has 0 saturated carbocycles. The summed E-state index contributed by atoms with van der Waals surface area (Å²) in [4.78, 5) is 12.1. The molecule has 2 nitrogen and oxygen atoms in total. The van der Waals surface area contributed by atoms with Crippen molar-refractivity contribution in [3.05, 3.63) is 35.4 Å². The van der Waals surface area contributed by atoms with E-state index in [4.69, 9.17) is 0 Å². The van der Waals surface area contributed by atoms with Crippen molar-refractivity contribution in [1.29, 1.82) is 0 Å². The van der Waals surface area contributed by atoms with Crippen LogP contribution in [0.1, 0.15) is 64.1 Å². The predicted molar refractivity (Wildman–Crippen MR) is 81.1 cm³/mol. The highest BCUT2D eigenvalue weighted by molar-refractivity contribution is 5.78. The molecule has 2 unspecified atom stereocenters. The lowest BCUT2D eigenvalue weighted by Gasteiger charge is -2.20. The van der Waals surface area contributed by atoms with Crippen LogP contribution >= 0.6 is 0 Å².